The SMILES string of the molecule is Cc1ccc(C)c(C2CC(N)CN2C)c1. The van der Waals surface area contributed by atoms with E-state index in [4.69, 9.17) is 5.73 Å². The Bertz CT molecular complexity index is 360. The minimum absolute atomic E-state index is 0.333. The molecule has 1 heterocycles. The number of likely N-dealkylation sites (tertiary alicyclic amines) is 1. The second-order valence-electron chi connectivity index (χ2n) is 4.81. The van der Waals surface area contributed by atoms with Gasteiger partial charge in [-0.25, -0.2) is 0 Å². The molecule has 0 radical (unpaired) electrons. The summed E-state index contributed by atoms with van der Waals surface area (Å²) < 4.78 is 0. The van der Waals surface area contributed by atoms with E-state index < -0.39 is 0 Å². The second kappa shape index (κ2) is 3.95. The minimum atomic E-state index is 0.333. The third-order valence-electron chi connectivity index (χ3n) is 3.37. The molecule has 2 unspecified atom stereocenters. The van der Waals surface area contributed by atoms with Gasteiger partial charge in [0.15, 0.2) is 0 Å². The first kappa shape index (κ1) is 10.7. The summed E-state index contributed by atoms with van der Waals surface area (Å²) in [7, 11) is 2.17. The normalized spacial score (nSPS) is 27.2. The molecule has 1 fully saturated rings. The van der Waals surface area contributed by atoms with E-state index in [2.05, 4.69) is 44.0 Å². The summed E-state index contributed by atoms with van der Waals surface area (Å²) in [4.78, 5) is 2.37. The summed E-state index contributed by atoms with van der Waals surface area (Å²) in [6, 6.07) is 7.53. The average molecular weight is 204 g/mol. The van der Waals surface area contributed by atoms with Crippen LogP contribution < -0.4 is 5.73 Å². The van der Waals surface area contributed by atoms with Gasteiger partial charge in [-0.05, 0) is 38.4 Å². The molecule has 2 heteroatoms. The number of likely N-dealkylation sites (N-methyl/N-ethyl adjacent to an activating group) is 1. The predicted molar refractivity (Wildman–Crippen MR) is 63.9 cm³/mol. The van der Waals surface area contributed by atoms with Crippen LogP contribution in [0.1, 0.15) is 29.2 Å². The maximum absolute atomic E-state index is 6.00. The molecule has 0 aromatic heterocycles. The van der Waals surface area contributed by atoms with Crippen molar-refractivity contribution in [2.24, 2.45) is 5.73 Å². The molecule has 1 aliphatic rings. The van der Waals surface area contributed by atoms with Gasteiger partial charge >= 0.3 is 0 Å². The molecule has 0 amide bonds. The van der Waals surface area contributed by atoms with E-state index in [1.165, 1.54) is 16.7 Å². The fraction of sp³-hybridized carbons (Fsp3) is 0.538. The number of rotatable bonds is 1. The average Bonchev–Trinajstić information content (AvgIpc) is 2.50. The van der Waals surface area contributed by atoms with E-state index in [9.17, 15) is 0 Å². The van der Waals surface area contributed by atoms with Crippen LogP contribution in [0.5, 0.6) is 0 Å². The van der Waals surface area contributed by atoms with Crippen LogP contribution in [0.4, 0.5) is 0 Å². The first-order valence-corrected chi connectivity index (χ1v) is 5.61. The number of aryl methyl sites for hydroxylation is 2. The first-order chi connectivity index (χ1) is 7.08. The lowest BCUT2D eigenvalue weighted by molar-refractivity contribution is 0.315. The largest absolute Gasteiger partial charge is 0.326 e. The van der Waals surface area contributed by atoms with Gasteiger partial charge < -0.3 is 5.73 Å². The van der Waals surface area contributed by atoms with Gasteiger partial charge in [-0.3, -0.25) is 4.90 Å². The van der Waals surface area contributed by atoms with Gasteiger partial charge in [-0.2, -0.15) is 0 Å². The third-order valence-corrected chi connectivity index (χ3v) is 3.37. The molecule has 82 valence electrons. The Morgan fingerprint density at radius 2 is 2.07 bits per heavy atom. The zero-order chi connectivity index (χ0) is 11.0. The van der Waals surface area contributed by atoms with E-state index in [1.807, 2.05) is 0 Å². The number of nitrogens with two attached hydrogens (primary N) is 1. The maximum Gasteiger partial charge on any atom is 0.0363 e. The fourth-order valence-electron chi connectivity index (χ4n) is 2.52. The number of nitrogens with zero attached hydrogens (tertiary/aromatic N) is 1. The molecule has 15 heavy (non-hydrogen) atoms. The Morgan fingerprint density at radius 3 is 2.67 bits per heavy atom. The zero-order valence-corrected chi connectivity index (χ0v) is 9.83. The van der Waals surface area contributed by atoms with Gasteiger partial charge in [0, 0.05) is 18.6 Å². The lowest BCUT2D eigenvalue weighted by Crippen LogP contribution is -2.24. The highest BCUT2D eigenvalue weighted by Gasteiger charge is 2.28. The Kier molecular flexibility index (Phi) is 2.81. The number of benzene rings is 1. The molecule has 1 aromatic carbocycles. The molecule has 1 aromatic rings. The van der Waals surface area contributed by atoms with Crippen molar-refractivity contribution in [1.29, 1.82) is 0 Å². The van der Waals surface area contributed by atoms with Gasteiger partial charge in [-0.15, -0.1) is 0 Å². The van der Waals surface area contributed by atoms with Crippen molar-refractivity contribution in [2.75, 3.05) is 13.6 Å². The van der Waals surface area contributed by atoms with E-state index in [-0.39, 0.29) is 0 Å². The van der Waals surface area contributed by atoms with Gasteiger partial charge in [-0.1, -0.05) is 23.8 Å². The predicted octanol–water partition coefficient (Wildman–Crippen LogP) is 2.01. The van der Waals surface area contributed by atoms with E-state index in [1.54, 1.807) is 0 Å². The molecule has 0 aliphatic carbocycles. The Hall–Kier alpha value is -0.860. The van der Waals surface area contributed by atoms with Crippen LogP contribution in [-0.4, -0.2) is 24.5 Å². The lowest BCUT2D eigenvalue weighted by Gasteiger charge is -2.21. The lowest BCUT2D eigenvalue weighted by atomic mass is 9.97. The molecular weight excluding hydrogens is 184 g/mol. The molecule has 2 rings (SSSR count). The maximum atomic E-state index is 6.00. The van der Waals surface area contributed by atoms with Gasteiger partial charge in [0.25, 0.3) is 0 Å². The van der Waals surface area contributed by atoms with E-state index in [0.717, 1.165) is 13.0 Å². The molecule has 1 saturated heterocycles. The first-order valence-electron chi connectivity index (χ1n) is 5.61. The summed E-state index contributed by atoms with van der Waals surface area (Å²) in [6.45, 7) is 5.35. The highest BCUT2D eigenvalue weighted by molar-refractivity contribution is 5.33. The van der Waals surface area contributed by atoms with Crippen molar-refractivity contribution in [3.63, 3.8) is 0 Å². The van der Waals surface area contributed by atoms with Crippen LogP contribution in [0.2, 0.25) is 0 Å². The smallest absolute Gasteiger partial charge is 0.0363 e. The number of hydrogen-bond donors (Lipinski definition) is 1. The highest BCUT2D eigenvalue weighted by Crippen LogP contribution is 2.32. The molecule has 2 atom stereocenters. The molecule has 0 spiro atoms. The van der Waals surface area contributed by atoms with Crippen molar-refractivity contribution < 1.29 is 0 Å². The molecular formula is C13H20N2. The summed E-state index contributed by atoms with van der Waals surface area (Å²) >= 11 is 0. The van der Waals surface area contributed by atoms with Crippen molar-refractivity contribution in [3.8, 4) is 0 Å². The molecule has 1 aliphatic heterocycles. The van der Waals surface area contributed by atoms with Crippen LogP contribution in [0.3, 0.4) is 0 Å². The summed E-state index contributed by atoms with van der Waals surface area (Å²) in [5, 5.41) is 0. The van der Waals surface area contributed by atoms with Crippen molar-refractivity contribution in [2.45, 2.75) is 32.4 Å². The summed E-state index contributed by atoms with van der Waals surface area (Å²) in [6.07, 6.45) is 1.08. The van der Waals surface area contributed by atoms with Crippen molar-refractivity contribution >= 4 is 0 Å². The molecule has 2 N–H and O–H groups in total. The monoisotopic (exact) mass is 204 g/mol. The van der Waals surface area contributed by atoms with E-state index in [0.29, 0.717) is 12.1 Å². The Labute approximate surface area is 92.1 Å². The second-order valence-corrected chi connectivity index (χ2v) is 4.81. The van der Waals surface area contributed by atoms with Gasteiger partial charge in [0.1, 0.15) is 0 Å². The fourth-order valence-corrected chi connectivity index (χ4v) is 2.52. The van der Waals surface area contributed by atoms with Crippen LogP contribution in [0.25, 0.3) is 0 Å². The van der Waals surface area contributed by atoms with E-state index >= 15 is 0 Å². The molecule has 2 nitrogen and oxygen atoms in total. The summed E-state index contributed by atoms with van der Waals surface area (Å²) in [5.41, 5.74) is 10.2. The molecule has 0 bridgehead atoms. The zero-order valence-electron chi connectivity index (χ0n) is 9.83. The van der Waals surface area contributed by atoms with Crippen LogP contribution >= 0.6 is 0 Å². The summed E-state index contributed by atoms with van der Waals surface area (Å²) in [5.74, 6) is 0. The van der Waals surface area contributed by atoms with Crippen LogP contribution in [-0.2, 0) is 0 Å². The van der Waals surface area contributed by atoms with Crippen molar-refractivity contribution in [3.05, 3.63) is 34.9 Å². The minimum Gasteiger partial charge on any atom is -0.326 e. The molecule has 0 saturated carbocycles. The quantitative estimate of drug-likeness (QED) is 0.758. The standard InChI is InChI=1S/C13H20N2/c1-9-4-5-10(2)12(6-9)13-7-11(14)8-15(13)3/h4-6,11,13H,7-8,14H2,1-3H3. The van der Waals surface area contributed by atoms with Gasteiger partial charge in [0.05, 0.1) is 0 Å². The van der Waals surface area contributed by atoms with Crippen LogP contribution in [0, 0.1) is 13.8 Å². The van der Waals surface area contributed by atoms with Crippen molar-refractivity contribution in [1.82, 2.24) is 4.90 Å². The number of hydrogen-bond acceptors (Lipinski definition) is 2. The Balaban J connectivity index is 2.32. The van der Waals surface area contributed by atoms with Crippen LogP contribution in [0.15, 0.2) is 18.2 Å². The van der Waals surface area contributed by atoms with Gasteiger partial charge in [0.2, 0.25) is 0 Å². The highest BCUT2D eigenvalue weighted by atomic mass is 15.2. The topological polar surface area (TPSA) is 29.3 Å². The Morgan fingerprint density at radius 1 is 1.33 bits per heavy atom. The third kappa shape index (κ3) is 2.06.